The molecule has 2 rings (SSSR count). The van der Waals surface area contributed by atoms with Crippen LogP contribution in [0.25, 0.3) is 0 Å². The van der Waals surface area contributed by atoms with E-state index in [9.17, 15) is 4.79 Å². The summed E-state index contributed by atoms with van der Waals surface area (Å²) in [5, 5.41) is 0. The van der Waals surface area contributed by atoms with E-state index < -0.39 is 0 Å². The molecule has 1 aromatic carbocycles. The van der Waals surface area contributed by atoms with Crippen LogP contribution in [0, 0.1) is 5.41 Å². The van der Waals surface area contributed by atoms with Gasteiger partial charge in [0.05, 0.1) is 5.41 Å². The Hall–Kier alpha value is -1.31. The summed E-state index contributed by atoms with van der Waals surface area (Å²) in [6.07, 6.45) is 0.992. The molecule has 0 aromatic heterocycles. The number of carbonyl (C=O) groups excluding carboxylic acids is 1. The number of hydrogen-bond acceptors (Lipinski definition) is 1. The maximum Gasteiger partial charge on any atom is 0.229 e. The molecule has 0 aliphatic heterocycles. The highest BCUT2D eigenvalue weighted by atomic mass is 16.2. The van der Waals surface area contributed by atoms with Crippen LogP contribution in [0.3, 0.4) is 0 Å². The van der Waals surface area contributed by atoms with Gasteiger partial charge < -0.3 is 4.90 Å². The van der Waals surface area contributed by atoms with Gasteiger partial charge in [-0.3, -0.25) is 4.79 Å². The molecule has 0 bridgehead atoms. The van der Waals surface area contributed by atoms with Gasteiger partial charge >= 0.3 is 0 Å². The minimum absolute atomic E-state index is 0.159. The Kier molecular flexibility index (Phi) is 3.23. The monoisotopic (exact) mass is 231 g/mol. The molecule has 1 aromatic rings. The second-order valence-electron chi connectivity index (χ2n) is 5.06. The van der Waals surface area contributed by atoms with E-state index in [1.54, 1.807) is 0 Å². The zero-order valence-corrected chi connectivity index (χ0v) is 10.9. The Balaban J connectivity index is 2.12. The first-order chi connectivity index (χ1) is 8.13. The number of amides is 1. The summed E-state index contributed by atoms with van der Waals surface area (Å²) in [5.74, 6) is 0.730. The molecule has 17 heavy (non-hydrogen) atoms. The van der Waals surface area contributed by atoms with Crippen LogP contribution in [-0.2, 0) is 4.79 Å². The lowest BCUT2D eigenvalue weighted by atomic mass is 9.99. The van der Waals surface area contributed by atoms with Crippen LogP contribution in [0.2, 0.25) is 0 Å². The van der Waals surface area contributed by atoms with Gasteiger partial charge in [-0.1, -0.05) is 37.3 Å². The average molecular weight is 231 g/mol. The molecule has 0 saturated heterocycles. The molecule has 92 valence electrons. The SMILES string of the molecule is CCN(CC)C(=O)[C@@]1(C)C[C@@H]1c1ccccc1. The first-order valence-corrected chi connectivity index (χ1v) is 6.47. The third-order valence-electron chi connectivity index (χ3n) is 3.98. The minimum Gasteiger partial charge on any atom is -0.343 e. The van der Waals surface area contributed by atoms with E-state index >= 15 is 0 Å². The van der Waals surface area contributed by atoms with E-state index in [1.807, 2.05) is 24.8 Å². The van der Waals surface area contributed by atoms with E-state index in [2.05, 4.69) is 31.2 Å². The van der Waals surface area contributed by atoms with Gasteiger partial charge in [-0.05, 0) is 31.7 Å². The zero-order chi connectivity index (χ0) is 12.5. The molecule has 1 fully saturated rings. The van der Waals surface area contributed by atoms with Gasteiger partial charge in [0.2, 0.25) is 5.91 Å². The Morgan fingerprint density at radius 3 is 2.41 bits per heavy atom. The summed E-state index contributed by atoms with van der Waals surface area (Å²) in [5.41, 5.74) is 1.14. The Labute approximate surface area is 104 Å². The lowest BCUT2D eigenvalue weighted by Crippen LogP contribution is -2.36. The van der Waals surface area contributed by atoms with Crippen molar-refractivity contribution in [2.24, 2.45) is 5.41 Å². The molecule has 0 spiro atoms. The highest BCUT2D eigenvalue weighted by molar-refractivity contribution is 5.87. The Morgan fingerprint density at radius 2 is 1.88 bits per heavy atom. The van der Waals surface area contributed by atoms with E-state index in [0.717, 1.165) is 19.5 Å². The molecule has 1 amide bonds. The van der Waals surface area contributed by atoms with Crippen molar-refractivity contribution in [3.63, 3.8) is 0 Å². The van der Waals surface area contributed by atoms with E-state index in [4.69, 9.17) is 0 Å². The predicted octanol–water partition coefficient (Wildman–Crippen LogP) is 3.05. The minimum atomic E-state index is -0.159. The van der Waals surface area contributed by atoms with Crippen molar-refractivity contribution < 1.29 is 4.79 Å². The fourth-order valence-electron chi connectivity index (χ4n) is 2.64. The van der Waals surface area contributed by atoms with Crippen molar-refractivity contribution in [3.05, 3.63) is 35.9 Å². The van der Waals surface area contributed by atoms with Crippen LogP contribution in [0.4, 0.5) is 0 Å². The number of nitrogens with zero attached hydrogens (tertiary/aromatic N) is 1. The number of benzene rings is 1. The predicted molar refractivity (Wildman–Crippen MR) is 69.8 cm³/mol. The van der Waals surface area contributed by atoms with Gasteiger partial charge in [0.1, 0.15) is 0 Å². The van der Waals surface area contributed by atoms with Gasteiger partial charge in [-0.25, -0.2) is 0 Å². The van der Waals surface area contributed by atoms with Gasteiger partial charge in [0, 0.05) is 13.1 Å². The van der Waals surface area contributed by atoms with Gasteiger partial charge in [0.25, 0.3) is 0 Å². The maximum absolute atomic E-state index is 12.4. The standard InChI is InChI=1S/C15H21NO/c1-4-16(5-2)14(17)15(3)11-13(15)12-9-7-6-8-10-12/h6-10,13H,4-5,11H2,1-3H3/t13-,15+/m1/s1. The lowest BCUT2D eigenvalue weighted by molar-refractivity contribution is -0.136. The molecular formula is C15H21NO. The molecule has 2 nitrogen and oxygen atoms in total. The molecule has 1 aliphatic carbocycles. The van der Waals surface area contributed by atoms with Crippen molar-refractivity contribution in [2.75, 3.05) is 13.1 Å². The molecule has 0 heterocycles. The largest absolute Gasteiger partial charge is 0.343 e. The molecule has 0 radical (unpaired) electrons. The fourth-order valence-corrected chi connectivity index (χ4v) is 2.64. The topological polar surface area (TPSA) is 20.3 Å². The zero-order valence-electron chi connectivity index (χ0n) is 10.9. The van der Waals surface area contributed by atoms with Crippen LogP contribution < -0.4 is 0 Å². The van der Waals surface area contributed by atoms with Crippen molar-refractivity contribution >= 4 is 5.91 Å². The van der Waals surface area contributed by atoms with Crippen LogP contribution in [0.1, 0.15) is 38.7 Å². The Morgan fingerprint density at radius 1 is 1.29 bits per heavy atom. The first kappa shape index (κ1) is 12.2. The highest BCUT2D eigenvalue weighted by Gasteiger charge is 2.57. The molecule has 2 atom stereocenters. The number of hydrogen-bond donors (Lipinski definition) is 0. The highest BCUT2D eigenvalue weighted by Crippen LogP contribution is 2.59. The molecule has 0 N–H and O–H groups in total. The van der Waals surface area contributed by atoms with E-state index in [0.29, 0.717) is 11.8 Å². The van der Waals surface area contributed by atoms with Crippen molar-refractivity contribution in [3.8, 4) is 0 Å². The Bertz CT molecular complexity index is 397. The fraction of sp³-hybridized carbons (Fsp3) is 0.533. The normalized spacial score (nSPS) is 26.6. The molecule has 2 heteroatoms. The van der Waals surface area contributed by atoms with Crippen LogP contribution in [-0.4, -0.2) is 23.9 Å². The molecule has 1 aliphatic rings. The van der Waals surface area contributed by atoms with Crippen LogP contribution in [0.15, 0.2) is 30.3 Å². The average Bonchev–Trinajstić information content (AvgIpc) is 3.06. The third kappa shape index (κ3) is 2.08. The molecular weight excluding hydrogens is 210 g/mol. The molecule has 1 saturated carbocycles. The van der Waals surface area contributed by atoms with Crippen molar-refractivity contribution in [1.29, 1.82) is 0 Å². The summed E-state index contributed by atoms with van der Waals surface area (Å²) in [4.78, 5) is 14.3. The summed E-state index contributed by atoms with van der Waals surface area (Å²) in [6.45, 7) is 7.82. The summed E-state index contributed by atoms with van der Waals surface area (Å²) < 4.78 is 0. The van der Waals surface area contributed by atoms with Crippen LogP contribution >= 0.6 is 0 Å². The van der Waals surface area contributed by atoms with Crippen molar-refractivity contribution in [2.45, 2.75) is 33.1 Å². The number of rotatable bonds is 4. The van der Waals surface area contributed by atoms with Crippen molar-refractivity contribution in [1.82, 2.24) is 4.90 Å². The smallest absolute Gasteiger partial charge is 0.229 e. The third-order valence-corrected chi connectivity index (χ3v) is 3.98. The summed E-state index contributed by atoms with van der Waals surface area (Å²) in [7, 11) is 0. The van der Waals surface area contributed by atoms with E-state index in [1.165, 1.54) is 5.56 Å². The van der Waals surface area contributed by atoms with E-state index in [-0.39, 0.29) is 5.41 Å². The maximum atomic E-state index is 12.4. The second-order valence-corrected chi connectivity index (χ2v) is 5.06. The van der Waals surface area contributed by atoms with Gasteiger partial charge in [-0.15, -0.1) is 0 Å². The van der Waals surface area contributed by atoms with Gasteiger partial charge in [-0.2, -0.15) is 0 Å². The second kappa shape index (κ2) is 4.52. The number of carbonyl (C=O) groups is 1. The lowest BCUT2D eigenvalue weighted by Gasteiger charge is -2.23. The first-order valence-electron chi connectivity index (χ1n) is 6.47. The van der Waals surface area contributed by atoms with Crippen LogP contribution in [0.5, 0.6) is 0 Å². The summed E-state index contributed by atoms with van der Waals surface area (Å²) in [6, 6.07) is 10.4. The van der Waals surface area contributed by atoms with Gasteiger partial charge in [0.15, 0.2) is 0 Å². The molecule has 0 unspecified atom stereocenters. The summed E-state index contributed by atoms with van der Waals surface area (Å²) >= 11 is 0. The quantitative estimate of drug-likeness (QED) is 0.780.